The number of esters is 3. The van der Waals surface area contributed by atoms with E-state index in [0.717, 1.165) is 6.07 Å². The minimum Gasteiger partial charge on any atom is -0.867 e. The largest absolute Gasteiger partial charge is 1.00 e. The van der Waals surface area contributed by atoms with Gasteiger partial charge in [0, 0.05) is 38.1 Å². The average Bonchev–Trinajstić information content (AvgIpc) is 3.26. The van der Waals surface area contributed by atoms with Gasteiger partial charge in [-0.05, 0) is 26.5 Å². The molecule has 1 aromatic rings. The Labute approximate surface area is 282 Å². The van der Waals surface area contributed by atoms with Crippen LogP contribution in [0, 0.1) is 0 Å². The second-order valence-corrected chi connectivity index (χ2v) is 7.72. The van der Waals surface area contributed by atoms with E-state index in [1.807, 2.05) is 0 Å². The first-order valence-electron chi connectivity index (χ1n) is 12.0. The quantitative estimate of drug-likeness (QED) is 0.0381. The maximum atomic E-state index is 12.7. The normalized spacial score (nSPS) is 11.7. The van der Waals surface area contributed by atoms with Gasteiger partial charge in [-0.1, -0.05) is 0 Å². The Morgan fingerprint density at radius 2 is 1.35 bits per heavy atom. The molecule has 0 saturated heterocycles. The second-order valence-electron chi connectivity index (χ2n) is 7.72. The smallest absolute Gasteiger partial charge is 0.867 e. The van der Waals surface area contributed by atoms with Crippen LogP contribution in [0.4, 0.5) is 43.9 Å². The third-order valence-corrected chi connectivity index (χ3v) is 4.36. The number of aryl methyl sites for hydroxylation is 1. The molecule has 0 aliphatic rings. The van der Waals surface area contributed by atoms with Gasteiger partial charge in [-0.3, -0.25) is 25.8 Å². The van der Waals surface area contributed by atoms with Gasteiger partial charge in [0.05, 0.1) is 19.8 Å². The average molecular weight is 727 g/mol. The number of hydrogen-bond acceptors (Lipinski definition) is 10. The molecule has 0 aromatic carbocycles. The van der Waals surface area contributed by atoms with Gasteiger partial charge in [0.15, 0.2) is 0 Å². The molecule has 12 nitrogen and oxygen atoms in total. The minimum absolute atomic E-state index is 0. The molecular formula is C22H30ClF10N4NaO8. The third kappa shape index (κ3) is 19.2. The molecule has 24 heteroatoms. The van der Waals surface area contributed by atoms with Crippen molar-refractivity contribution in [2.24, 2.45) is 5.84 Å². The third-order valence-electron chi connectivity index (χ3n) is 4.36. The van der Waals surface area contributed by atoms with Crippen LogP contribution in [0.5, 0.6) is 0 Å². The van der Waals surface area contributed by atoms with Crippen molar-refractivity contribution in [3.8, 4) is 0 Å². The van der Waals surface area contributed by atoms with E-state index in [9.17, 15) is 68.2 Å². The fourth-order valence-corrected chi connectivity index (χ4v) is 2.23. The van der Waals surface area contributed by atoms with Crippen molar-refractivity contribution in [3.05, 3.63) is 33.9 Å². The topological polar surface area (TPSA) is 178 Å². The van der Waals surface area contributed by atoms with Gasteiger partial charge in [-0.15, -0.1) is 12.4 Å². The van der Waals surface area contributed by atoms with Gasteiger partial charge >= 0.3 is 71.7 Å². The first-order chi connectivity index (χ1) is 20.0. The van der Waals surface area contributed by atoms with E-state index in [2.05, 4.69) is 25.2 Å². The van der Waals surface area contributed by atoms with Crippen LogP contribution in [0.3, 0.4) is 0 Å². The summed E-state index contributed by atoms with van der Waals surface area (Å²) in [5, 5.41) is 12.9. The number of nitrogens with zero attached hydrogens (tertiary/aromatic N) is 1. The first kappa shape index (κ1) is 50.3. The van der Waals surface area contributed by atoms with Gasteiger partial charge in [0.1, 0.15) is 5.69 Å². The number of nitrogens with one attached hydrogen (secondary N) is 2. The molecule has 1 aromatic heterocycles. The summed E-state index contributed by atoms with van der Waals surface area (Å²) < 4.78 is 133. The zero-order chi connectivity index (χ0) is 34.9. The summed E-state index contributed by atoms with van der Waals surface area (Å²) in [7, 11) is 0. The molecule has 0 atom stereocenters. The minimum atomic E-state index is -5.69. The number of halogens is 11. The Bertz CT molecular complexity index is 1150. The Kier molecular flexibility index (Phi) is 25.1. The number of ether oxygens (including phenoxy) is 3. The van der Waals surface area contributed by atoms with Crippen molar-refractivity contribution in [1.82, 2.24) is 15.2 Å². The van der Waals surface area contributed by atoms with Crippen LogP contribution in [0.15, 0.2) is 22.7 Å². The number of H-pyrrole nitrogens is 1. The van der Waals surface area contributed by atoms with Crippen molar-refractivity contribution in [2.45, 2.75) is 64.4 Å². The zero-order valence-electron chi connectivity index (χ0n) is 24.6. The summed E-state index contributed by atoms with van der Waals surface area (Å²) in [5.74, 6) is -8.82. The number of carbonyl (C=O) groups excluding carboxylic acids is 3. The number of hydrogen-bond donors (Lipinski definition) is 3. The maximum absolute atomic E-state index is 12.7. The van der Waals surface area contributed by atoms with Gasteiger partial charge in [-0.2, -0.15) is 43.9 Å². The second kappa shape index (κ2) is 22.9. The number of hydrazine groups is 1. The number of aromatic nitrogens is 2. The fraction of sp³-hybridized carbons (Fsp3) is 0.636. The van der Waals surface area contributed by atoms with Gasteiger partial charge in [-0.25, -0.2) is 14.4 Å². The number of nitrogens with two attached hydrogens (primary N) is 1. The van der Waals surface area contributed by atoms with Gasteiger partial charge in [0.25, 0.3) is 5.56 Å². The summed E-state index contributed by atoms with van der Waals surface area (Å²) in [6, 6.07) is 0.768. The number of carbonyl (C=O) groups is 3. The summed E-state index contributed by atoms with van der Waals surface area (Å²) in [6.07, 6.45) is -13.6. The van der Waals surface area contributed by atoms with Crippen LogP contribution in [-0.2, 0) is 30.3 Å². The van der Waals surface area contributed by atoms with Gasteiger partial charge < -0.3 is 19.3 Å². The monoisotopic (exact) mass is 726 g/mol. The van der Waals surface area contributed by atoms with Gasteiger partial charge in [0.2, 0.25) is 0 Å². The van der Waals surface area contributed by atoms with Crippen molar-refractivity contribution >= 4 is 30.3 Å². The molecule has 0 bridgehead atoms. The van der Waals surface area contributed by atoms with E-state index in [1.165, 1.54) is 6.92 Å². The summed E-state index contributed by atoms with van der Waals surface area (Å²) >= 11 is 0. The number of aromatic amines is 1. The Morgan fingerprint density at radius 1 is 0.891 bits per heavy atom. The summed E-state index contributed by atoms with van der Waals surface area (Å²) in [6.45, 7) is 3.47. The molecule has 0 amide bonds. The van der Waals surface area contributed by atoms with E-state index in [1.54, 1.807) is 19.3 Å². The van der Waals surface area contributed by atoms with Crippen LogP contribution in [-0.4, -0.2) is 78.3 Å². The van der Waals surface area contributed by atoms with Crippen molar-refractivity contribution < 1.29 is 107 Å². The summed E-state index contributed by atoms with van der Waals surface area (Å²) in [5.41, 5.74) is 0.506. The fourth-order valence-electron chi connectivity index (χ4n) is 2.23. The zero-order valence-corrected chi connectivity index (χ0v) is 27.4. The molecule has 0 aliphatic carbocycles. The van der Waals surface area contributed by atoms with Crippen LogP contribution >= 0.6 is 12.4 Å². The van der Waals surface area contributed by atoms with Crippen molar-refractivity contribution in [2.75, 3.05) is 26.4 Å². The number of alkyl halides is 10. The van der Waals surface area contributed by atoms with E-state index >= 15 is 0 Å². The SMILES string of the molecule is CCOC(=O)/C=C(\[O-])C(=O)OCC.CCOC(=O)c1cc(=O)n(CCC(F)(F)C(F)(F)F)[nH]1.Cl.NNCCC(F)(F)C(F)(F)F.[Na+]. The predicted octanol–water partition coefficient (Wildman–Crippen LogP) is -0.239. The molecule has 0 aliphatic heterocycles. The van der Waals surface area contributed by atoms with Crippen LogP contribution < -0.4 is 51.5 Å². The number of rotatable bonds is 12. The predicted molar refractivity (Wildman–Crippen MR) is 133 cm³/mol. The van der Waals surface area contributed by atoms with E-state index in [0.29, 0.717) is 10.8 Å². The summed E-state index contributed by atoms with van der Waals surface area (Å²) in [4.78, 5) is 43.9. The molecule has 0 unspecified atom stereocenters. The van der Waals surface area contributed by atoms with E-state index < -0.39 is 79.4 Å². The molecule has 1 rings (SSSR count). The molecule has 0 spiro atoms. The Morgan fingerprint density at radius 3 is 1.76 bits per heavy atom. The Hall–Kier alpha value is -2.53. The molecule has 264 valence electrons. The molecule has 4 N–H and O–H groups in total. The van der Waals surface area contributed by atoms with Crippen LogP contribution in [0.2, 0.25) is 0 Å². The molecule has 0 fully saturated rings. The molecule has 0 radical (unpaired) electrons. The van der Waals surface area contributed by atoms with Crippen LogP contribution in [0.1, 0.15) is 44.1 Å². The van der Waals surface area contributed by atoms with Crippen molar-refractivity contribution in [3.63, 3.8) is 0 Å². The molecule has 46 heavy (non-hydrogen) atoms. The maximum Gasteiger partial charge on any atom is 1.00 e. The molecule has 0 saturated carbocycles. The van der Waals surface area contributed by atoms with E-state index in [4.69, 9.17) is 0 Å². The molecule has 1 heterocycles. The van der Waals surface area contributed by atoms with Crippen molar-refractivity contribution in [1.29, 1.82) is 0 Å². The Balaban J connectivity index is -0.000000298. The molecular weight excluding hydrogens is 697 g/mol. The standard InChI is InChI=1S/C10H11F5N2O3.C8H12O5.C4H7F5N2.ClH.Na/c1-2-20-8(19)6-5-7(18)17(16-6)4-3-9(11,12)10(13,14)15;1-3-12-7(10)5-6(9)8(11)13-4-2;5-3(6,1-2-11-10)4(7,8)9;;/h5,16H,2-4H2,1H3;5,9H,3-4H2,1-2H3;11H,1-2,10H2;1H;/q;;;;+1/p-1/b;6-5-;;;. The van der Waals surface area contributed by atoms with E-state index in [-0.39, 0.29) is 67.5 Å². The first-order valence-corrected chi connectivity index (χ1v) is 12.0. The van der Waals surface area contributed by atoms with Crippen LogP contribution in [0.25, 0.3) is 0 Å².